The summed E-state index contributed by atoms with van der Waals surface area (Å²) in [5, 5.41) is 14.9. The minimum Gasteiger partial charge on any atom is -0.487 e. The number of nitrogens with zero attached hydrogens (tertiary/aromatic N) is 6. The van der Waals surface area contributed by atoms with Crippen LogP contribution >= 0.6 is 0 Å². The molecule has 10 heteroatoms. The maximum atomic E-state index is 14.1. The maximum Gasteiger partial charge on any atom is 0.167 e. The molecule has 8 nitrogen and oxygen atoms in total. The fourth-order valence-electron chi connectivity index (χ4n) is 4.57. The first-order valence-electron chi connectivity index (χ1n) is 12.9. The zero-order valence-electron chi connectivity index (χ0n) is 22.0. The molecule has 0 saturated carbocycles. The second-order valence-corrected chi connectivity index (χ2v) is 10.3. The summed E-state index contributed by atoms with van der Waals surface area (Å²) >= 11 is 0. The summed E-state index contributed by atoms with van der Waals surface area (Å²) < 4.78 is 35.0. The molecule has 0 bridgehead atoms. The van der Waals surface area contributed by atoms with Crippen LogP contribution in [0, 0.1) is 11.6 Å². The Morgan fingerprint density at radius 2 is 1.87 bits per heavy atom. The molecule has 1 aliphatic rings. The van der Waals surface area contributed by atoms with E-state index in [4.69, 9.17) is 14.7 Å². The molecule has 0 amide bonds. The molecule has 0 spiro atoms. The molecule has 4 heterocycles. The van der Waals surface area contributed by atoms with E-state index < -0.39 is 17.2 Å². The number of hydrogen-bond donors (Lipinski definition) is 1. The van der Waals surface area contributed by atoms with E-state index in [9.17, 15) is 13.9 Å². The lowest BCUT2D eigenvalue weighted by Crippen LogP contribution is -2.39. The normalized spacial score (nSPS) is 15.7. The number of anilines is 1. The van der Waals surface area contributed by atoms with Crippen LogP contribution < -0.4 is 9.64 Å². The van der Waals surface area contributed by atoms with Gasteiger partial charge in [0.2, 0.25) is 0 Å². The lowest BCUT2D eigenvalue weighted by molar-refractivity contribution is 0.0546. The van der Waals surface area contributed by atoms with Crippen molar-refractivity contribution in [1.82, 2.24) is 24.7 Å². The molecule has 1 fully saturated rings. The number of rotatable bonds is 7. The highest BCUT2D eigenvalue weighted by molar-refractivity contribution is 5.83. The van der Waals surface area contributed by atoms with Crippen LogP contribution in [0.15, 0.2) is 42.9 Å². The SMILES string of the molecule is CCn1cc(-c2nc3cc(C(C)C(C)(C)O)ncc3nc2N2CCC(Oc3ccc(F)cc3F)CC2)cn1. The molecule has 4 aromatic rings. The molecule has 5 rings (SSSR count). The standard InChI is InChI=1S/C28H32F2N6O2/c1-5-36-16-18(14-32-36)26-27(34-24-15-31-22(13-23(24)33-26)17(2)28(3,4)37)35-10-8-20(9-11-35)38-25-7-6-19(29)12-21(25)30/h6-7,12-17,20,37H,5,8-11H2,1-4H3. The van der Waals surface area contributed by atoms with Crippen molar-refractivity contribution in [3.63, 3.8) is 0 Å². The fourth-order valence-corrected chi connectivity index (χ4v) is 4.57. The first-order chi connectivity index (χ1) is 18.1. The summed E-state index contributed by atoms with van der Waals surface area (Å²) in [6.45, 7) is 9.48. The van der Waals surface area contributed by atoms with Crippen molar-refractivity contribution in [2.75, 3.05) is 18.0 Å². The van der Waals surface area contributed by atoms with Crippen LogP contribution in [0.1, 0.15) is 52.1 Å². The second kappa shape index (κ2) is 10.2. The molecule has 1 saturated heterocycles. The van der Waals surface area contributed by atoms with Gasteiger partial charge in [0.1, 0.15) is 23.1 Å². The van der Waals surface area contributed by atoms with Gasteiger partial charge in [0.05, 0.1) is 23.5 Å². The fraction of sp³-hybridized carbons (Fsp3) is 0.429. The number of fused-ring (bicyclic) bond motifs is 1. The van der Waals surface area contributed by atoms with E-state index in [1.54, 1.807) is 26.2 Å². The average Bonchev–Trinajstić information content (AvgIpc) is 3.38. The third kappa shape index (κ3) is 5.31. The largest absolute Gasteiger partial charge is 0.487 e. The van der Waals surface area contributed by atoms with E-state index in [2.05, 4.69) is 15.0 Å². The van der Waals surface area contributed by atoms with Crippen LogP contribution in [0.2, 0.25) is 0 Å². The highest BCUT2D eigenvalue weighted by Crippen LogP contribution is 2.34. The van der Waals surface area contributed by atoms with E-state index in [1.165, 1.54) is 12.1 Å². The number of aliphatic hydroxyl groups is 1. The highest BCUT2D eigenvalue weighted by Gasteiger charge is 2.28. The Labute approximate surface area is 220 Å². The van der Waals surface area contributed by atoms with Gasteiger partial charge in [-0.25, -0.2) is 18.7 Å². The third-order valence-electron chi connectivity index (χ3n) is 7.22. The monoisotopic (exact) mass is 522 g/mol. The predicted molar refractivity (Wildman–Crippen MR) is 141 cm³/mol. The Kier molecular flexibility index (Phi) is 7.00. The van der Waals surface area contributed by atoms with Crippen LogP contribution in [-0.4, -0.2) is 54.6 Å². The van der Waals surface area contributed by atoms with Gasteiger partial charge in [-0.05, 0) is 39.0 Å². The molecule has 1 N–H and O–H groups in total. The van der Waals surface area contributed by atoms with Crippen molar-refractivity contribution in [3.05, 3.63) is 60.2 Å². The molecular formula is C28H32F2N6O2. The Bertz CT molecular complexity index is 1440. The van der Waals surface area contributed by atoms with Gasteiger partial charge in [0.25, 0.3) is 0 Å². The summed E-state index contributed by atoms with van der Waals surface area (Å²) in [6.07, 6.45) is 6.54. The van der Waals surface area contributed by atoms with Crippen LogP contribution in [0.25, 0.3) is 22.3 Å². The number of pyridine rings is 1. The molecule has 200 valence electrons. The predicted octanol–water partition coefficient (Wildman–Crippen LogP) is 5.11. The molecule has 1 atom stereocenters. The first-order valence-corrected chi connectivity index (χ1v) is 12.9. The smallest absolute Gasteiger partial charge is 0.167 e. The summed E-state index contributed by atoms with van der Waals surface area (Å²) in [4.78, 5) is 16.7. The molecule has 38 heavy (non-hydrogen) atoms. The van der Waals surface area contributed by atoms with Crippen molar-refractivity contribution in [2.45, 2.75) is 64.7 Å². The summed E-state index contributed by atoms with van der Waals surface area (Å²) in [6, 6.07) is 5.25. The van der Waals surface area contributed by atoms with Gasteiger partial charge in [-0.2, -0.15) is 5.10 Å². The van der Waals surface area contributed by atoms with Crippen LogP contribution in [0.4, 0.5) is 14.6 Å². The van der Waals surface area contributed by atoms with Crippen molar-refractivity contribution in [2.24, 2.45) is 0 Å². The van der Waals surface area contributed by atoms with Crippen LogP contribution in [0.5, 0.6) is 5.75 Å². The van der Waals surface area contributed by atoms with Gasteiger partial charge in [0.15, 0.2) is 17.4 Å². The third-order valence-corrected chi connectivity index (χ3v) is 7.22. The molecule has 1 aliphatic heterocycles. The Morgan fingerprint density at radius 3 is 2.53 bits per heavy atom. The molecule has 3 aromatic heterocycles. The Hall–Kier alpha value is -3.66. The Balaban J connectivity index is 1.45. The summed E-state index contributed by atoms with van der Waals surface area (Å²) in [5.41, 5.74) is 2.74. The number of ether oxygens (including phenoxy) is 1. The van der Waals surface area contributed by atoms with Gasteiger partial charge in [-0.3, -0.25) is 9.67 Å². The van der Waals surface area contributed by atoms with Crippen molar-refractivity contribution >= 4 is 16.9 Å². The number of aromatic nitrogens is 5. The minimum absolute atomic E-state index is 0.0604. The quantitative estimate of drug-likeness (QED) is 0.361. The Morgan fingerprint density at radius 1 is 1.11 bits per heavy atom. The van der Waals surface area contributed by atoms with Gasteiger partial charge in [-0.15, -0.1) is 0 Å². The van der Waals surface area contributed by atoms with Crippen molar-refractivity contribution in [3.8, 4) is 17.0 Å². The topological polar surface area (TPSA) is 89.2 Å². The van der Waals surface area contributed by atoms with E-state index in [0.717, 1.165) is 29.7 Å². The van der Waals surface area contributed by atoms with E-state index in [0.29, 0.717) is 42.7 Å². The molecule has 0 radical (unpaired) electrons. The van der Waals surface area contributed by atoms with Gasteiger partial charge in [0, 0.05) is 61.9 Å². The minimum atomic E-state index is -0.928. The highest BCUT2D eigenvalue weighted by atomic mass is 19.1. The van der Waals surface area contributed by atoms with Crippen LogP contribution in [0.3, 0.4) is 0 Å². The molecule has 1 unspecified atom stereocenters. The summed E-state index contributed by atoms with van der Waals surface area (Å²) in [5.74, 6) is -0.733. The lowest BCUT2D eigenvalue weighted by Gasteiger charge is -2.33. The maximum absolute atomic E-state index is 14.1. The number of benzene rings is 1. The van der Waals surface area contributed by atoms with Gasteiger partial charge >= 0.3 is 0 Å². The van der Waals surface area contributed by atoms with E-state index in [1.807, 2.05) is 30.8 Å². The van der Waals surface area contributed by atoms with E-state index >= 15 is 0 Å². The number of halogens is 2. The van der Waals surface area contributed by atoms with Gasteiger partial charge < -0.3 is 14.7 Å². The van der Waals surface area contributed by atoms with E-state index in [-0.39, 0.29) is 17.8 Å². The second-order valence-electron chi connectivity index (χ2n) is 10.3. The van der Waals surface area contributed by atoms with Crippen molar-refractivity contribution in [1.29, 1.82) is 0 Å². The summed E-state index contributed by atoms with van der Waals surface area (Å²) in [7, 11) is 0. The average molecular weight is 523 g/mol. The lowest BCUT2D eigenvalue weighted by atomic mass is 9.89. The first kappa shape index (κ1) is 26.0. The molecule has 1 aromatic carbocycles. The number of piperidine rings is 1. The molecular weight excluding hydrogens is 490 g/mol. The number of aryl methyl sites for hydroxylation is 1. The van der Waals surface area contributed by atoms with Crippen LogP contribution in [-0.2, 0) is 6.54 Å². The zero-order chi connectivity index (χ0) is 27.0. The van der Waals surface area contributed by atoms with Gasteiger partial charge in [-0.1, -0.05) is 6.92 Å². The van der Waals surface area contributed by atoms with Crippen molar-refractivity contribution < 1.29 is 18.6 Å². The number of hydrogen-bond acceptors (Lipinski definition) is 7. The zero-order valence-corrected chi connectivity index (χ0v) is 22.0. The molecule has 0 aliphatic carbocycles.